The molecule has 102 valence electrons. The summed E-state index contributed by atoms with van der Waals surface area (Å²) in [6.45, 7) is 2.10. The highest BCUT2D eigenvalue weighted by Gasteiger charge is 2.27. The number of carbonyl (C=O) groups is 1. The lowest BCUT2D eigenvalue weighted by Crippen LogP contribution is -2.38. The standard InChI is InChI=1S/C10H17ClF3NO2/c1-7(5-11)8(2)15-9(16)3-4-17-6-10(12,13)14/h7-8H,3-6H2,1-2H3,(H,15,16). The summed E-state index contributed by atoms with van der Waals surface area (Å²) < 4.78 is 39.4. The van der Waals surface area contributed by atoms with Gasteiger partial charge in [-0.05, 0) is 12.8 Å². The number of amides is 1. The molecule has 0 aliphatic rings. The molecule has 0 heterocycles. The van der Waals surface area contributed by atoms with Crippen molar-refractivity contribution in [2.75, 3.05) is 19.1 Å². The highest BCUT2D eigenvalue weighted by atomic mass is 35.5. The number of hydrogen-bond acceptors (Lipinski definition) is 2. The first-order valence-electron chi connectivity index (χ1n) is 5.26. The van der Waals surface area contributed by atoms with Crippen LogP contribution in [0.1, 0.15) is 20.3 Å². The quantitative estimate of drug-likeness (QED) is 0.572. The van der Waals surface area contributed by atoms with Crippen LogP contribution >= 0.6 is 11.6 Å². The Balaban J connectivity index is 3.67. The van der Waals surface area contributed by atoms with Crippen LogP contribution in [0, 0.1) is 5.92 Å². The molecule has 0 rings (SSSR count). The van der Waals surface area contributed by atoms with Gasteiger partial charge in [-0.15, -0.1) is 11.6 Å². The van der Waals surface area contributed by atoms with E-state index in [0.29, 0.717) is 5.88 Å². The van der Waals surface area contributed by atoms with E-state index in [1.165, 1.54) is 0 Å². The predicted octanol–water partition coefficient (Wildman–Crippen LogP) is 2.33. The van der Waals surface area contributed by atoms with Gasteiger partial charge in [0.2, 0.25) is 5.91 Å². The second-order valence-corrected chi connectivity index (χ2v) is 4.21. The number of halogens is 4. The fourth-order valence-corrected chi connectivity index (χ4v) is 1.22. The Morgan fingerprint density at radius 1 is 1.41 bits per heavy atom. The van der Waals surface area contributed by atoms with Crippen LogP contribution in [0.2, 0.25) is 0 Å². The molecule has 7 heteroatoms. The molecule has 0 saturated carbocycles. The van der Waals surface area contributed by atoms with E-state index in [9.17, 15) is 18.0 Å². The molecule has 2 atom stereocenters. The first-order valence-corrected chi connectivity index (χ1v) is 5.79. The third-order valence-electron chi connectivity index (χ3n) is 2.22. The van der Waals surface area contributed by atoms with E-state index in [-0.39, 0.29) is 30.9 Å². The average molecular weight is 276 g/mol. The van der Waals surface area contributed by atoms with Gasteiger partial charge in [-0.3, -0.25) is 4.79 Å². The van der Waals surface area contributed by atoms with Gasteiger partial charge in [0.1, 0.15) is 6.61 Å². The average Bonchev–Trinajstić information content (AvgIpc) is 2.21. The van der Waals surface area contributed by atoms with Crippen molar-refractivity contribution in [3.05, 3.63) is 0 Å². The molecule has 0 aliphatic heterocycles. The fraction of sp³-hybridized carbons (Fsp3) is 0.900. The summed E-state index contributed by atoms with van der Waals surface area (Å²) >= 11 is 5.61. The molecule has 0 spiro atoms. The summed E-state index contributed by atoms with van der Waals surface area (Å²) in [5.74, 6) is 0.180. The van der Waals surface area contributed by atoms with Crippen LogP contribution in [-0.4, -0.2) is 37.2 Å². The van der Waals surface area contributed by atoms with E-state index in [4.69, 9.17) is 11.6 Å². The lowest BCUT2D eigenvalue weighted by molar-refractivity contribution is -0.174. The van der Waals surface area contributed by atoms with Gasteiger partial charge in [-0.1, -0.05) is 6.92 Å². The SMILES string of the molecule is CC(CCl)C(C)NC(=O)CCOCC(F)(F)F. The molecular formula is C10H17ClF3NO2. The Hall–Kier alpha value is -0.490. The van der Waals surface area contributed by atoms with Crippen LogP contribution in [0.25, 0.3) is 0 Å². The maximum absolute atomic E-state index is 11.7. The number of nitrogens with one attached hydrogen (secondary N) is 1. The zero-order chi connectivity index (χ0) is 13.5. The van der Waals surface area contributed by atoms with Crippen molar-refractivity contribution in [1.29, 1.82) is 0 Å². The van der Waals surface area contributed by atoms with Crippen molar-refractivity contribution < 1.29 is 22.7 Å². The second-order valence-electron chi connectivity index (χ2n) is 3.91. The Kier molecular flexibility index (Phi) is 7.54. The van der Waals surface area contributed by atoms with Crippen molar-refractivity contribution in [3.8, 4) is 0 Å². The molecule has 2 unspecified atom stereocenters. The van der Waals surface area contributed by atoms with Crippen molar-refractivity contribution in [3.63, 3.8) is 0 Å². The Morgan fingerprint density at radius 2 is 2.00 bits per heavy atom. The lowest BCUT2D eigenvalue weighted by atomic mass is 10.1. The molecule has 0 saturated heterocycles. The fourth-order valence-electron chi connectivity index (χ4n) is 0.955. The number of rotatable bonds is 7. The van der Waals surface area contributed by atoms with Gasteiger partial charge in [0, 0.05) is 18.3 Å². The third-order valence-corrected chi connectivity index (χ3v) is 2.71. The maximum Gasteiger partial charge on any atom is 0.411 e. The first kappa shape index (κ1) is 16.5. The van der Waals surface area contributed by atoms with Gasteiger partial charge in [-0.2, -0.15) is 13.2 Å². The van der Waals surface area contributed by atoms with Crippen LogP contribution in [-0.2, 0) is 9.53 Å². The largest absolute Gasteiger partial charge is 0.411 e. The van der Waals surface area contributed by atoms with E-state index in [0.717, 1.165) is 0 Å². The van der Waals surface area contributed by atoms with Gasteiger partial charge in [0.05, 0.1) is 6.61 Å². The van der Waals surface area contributed by atoms with E-state index in [1.54, 1.807) is 6.92 Å². The molecule has 0 aliphatic carbocycles. The van der Waals surface area contributed by atoms with Gasteiger partial charge < -0.3 is 10.1 Å². The summed E-state index contributed by atoms with van der Waals surface area (Å²) in [5.41, 5.74) is 0. The summed E-state index contributed by atoms with van der Waals surface area (Å²) in [4.78, 5) is 11.3. The molecule has 17 heavy (non-hydrogen) atoms. The number of hydrogen-bond donors (Lipinski definition) is 1. The smallest absolute Gasteiger partial charge is 0.372 e. The van der Waals surface area contributed by atoms with Gasteiger partial charge in [0.15, 0.2) is 0 Å². The normalized spacial score (nSPS) is 15.4. The Bertz CT molecular complexity index is 236. The monoisotopic (exact) mass is 275 g/mol. The molecule has 0 aromatic heterocycles. The summed E-state index contributed by atoms with van der Waals surface area (Å²) in [6, 6.07) is -0.109. The van der Waals surface area contributed by atoms with Crippen LogP contribution in [0.4, 0.5) is 13.2 Å². The highest BCUT2D eigenvalue weighted by molar-refractivity contribution is 6.18. The van der Waals surface area contributed by atoms with Crippen molar-refractivity contribution >= 4 is 17.5 Å². The summed E-state index contributed by atoms with van der Waals surface area (Å²) in [6.07, 6.45) is -4.44. The van der Waals surface area contributed by atoms with Crippen LogP contribution in [0.15, 0.2) is 0 Å². The molecular weight excluding hydrogens is 259 g/mol. The maximum atomic E-state index is 11.7. The van der Waals surface area contributed by atoms with Gasteiger partial charge >= 0.3 is 6.18 Å². The summed E-state index contributed by atoms with van der Waals surface area (Å²) in [7, 11) is 0. The van der Waals surface area contributed by atoms with Crippen LogP contribution in [0.5, 0.6) is 0 Å². The number of alkyl halides is 4. The topological polar surface area (TPSA) is 38.3 Å². The minimum Gasteiger partial charge on any atom is -0.372 e. The summed E-state index contributed by atoms with van der Waals surface area (Å²) in [5, 5.41) is 2.64. The molecule has 0 bridgehead atoms. The molecule has 1 N–H and O–H groups in total. The van der Waals surface area contributed by atoms with E-state index < -0.39 is 12.8 Å². The van der Waals surface area contributed by atoms with Crippen LogP contribution in [0.3, 0.4) is 0 Å². The molecule has 3 nitrogen and oxygen atoms in total. The van der Waals surface area contributed by atoms with Crippen LogP contribution < -0.4 is 5.32 Å². The van der Waals surface area contributed by atoms with Gasteiger partial charge in [0.25, 0.3) is 0 Å². The Morgan fingerprint density at radius 3 is 2.47 bits per heavy atom. The van der Waals surface area contributed by atoms with E-state index >= 15 is 0 Å². The van der Waals surface area contributed by atoms with Gasteiger partial charge in [-0.25, -0.2) is 0 Å². The molecule has 0 aromatic carbocycles. The second kappa shape index (κ2) is 7.76. The number of carbonyl (C=O) groups excluding carboxylic acids is 1. The Labute approximate surface area is 104 Å². The minimum atomic E-state index is -4.35. The molecule has 1 amide bonds. The van der Waals surface area contributed by atoms with Crippen molar-refractivity contribution in [2.45, 2.75) is 32.5 Å². The molecule has 0 radical (unpaired) electrons. The lowest BCUT2D eigenvalue weighted by Gasteiger charge is -2.19. The molecule has 0 aromatic rings. The van der Waals surface area contributed by atoms with E-state index in [1.807, 2.05) is 6.92 Å². The molecule has 0 fully saturated rings. The van der Waals surface area contributed by atoms with Crippen molar-refractivity contribution in [2.24, 2.45) is 5.92 Å². The zero-order valence-electron chi connectivity index (χ0n) is 9.81. The predicted molar refractivity (Wildman–Crippen MR) is 59.0 cm³/mol. The third kappa shape index (κ3) is 9.23. The minimum absolute atomic E-state index is 0.0879. The highest BCUT2D eigenvalue weighted by Crippen LogP contribution is 2.14. The van der Waals surface area contributed by atoms with E-state index in [2.05, 4.69) is 10.1 Å². The van der Waals surface area contributed by atoms with Crippen molar-refractivity contribution in [1.82, 2.24) is 5.32 Å². The number of ether oxygens (including phenoxy) is 1. The zero-order valence-corrected chi connectivity index (χ0v) is 10.6. The first-order chi connectivity index (χ1) is 7.76.